The number of hydrogen-bond acceptors (Lipinski definition) is 8. The van der Waals surface area contributed by atoms with Crippen LogP contribution in [0, 0.1) is 0 Å². The molecule has 2 aromatic rings. The zero-order valence-corrected chi connectivity index (χ0v) is 11.3. The van der Waals surface area contributed by atoms with Gasteiger partial charge >= 0.3 is 0 Å². The van der Waals surface area contributed by atoms with Crippen molar-refractivity contribution in [1.29, 1.82) is 0 Å². The Bertz CT molecular complexity index is 595. The minimum absolute atomic E-state index is 0.292. The Morgan fingerprint density at radius 3 is 2.26 bits per heavy atom. The fraction of sp³-hybridized carbons (Fsp3) is 0.455. The Kier molecular flexibility index (Phi) is 3.50. The average molecular weight is 262 g/mol. The predicted molar refractivity (Wildman–Crippen MR) is 77.1 cm³/mol. The molecule has 0 radical (unpaired) electrons. The van der Waals surface area contributed by atoms with E-state index >= 15 is 0 Å². The molecule has 0 spiro atoms. The van der Waals surface area contributed by atoms with E-state index < -0.39 is 0 Å². The van der Waals surface area contributed by atoms with Gasteiger partial charge in [-0.25, -0.2) is 9.97 Å². The highest BCUT2D eigenvalue weighted by atomic mass is 15.2. The van der Waals surface area contributed by atoms with E-state index in [1.807, 2.05) is 14.1 Å². The van der Waals surface area contributed by atoms with Crippen LogP contribution in [-0.4, -0.2) is 40.6 Å². The summed E-state index contributed by atoms with van der Waals surface area (Å²) in [6.07, 6.45) is 0.965. The zero-order valence-electron chi connectivity index (χ0n) is 11.3. The maximum absolute atomic E-state index is 5.91. The summed E-state index contributed by atoms with van der Waals surface area (Å²) >= 11 is 0. The fourth-order valence-corrected chi connectivity index (χ4v) is 1.56. The van der Waals surface area contributed by atoms with Crippen LogP contribution in [0.3, 0.4) is 0 Å². The van der Waals surface area contributed by atoms with Gasteiger partial charge in [-0.05, 0) is 6.42 Å². The van der Waals surface area contributed by atoms with Gasteiger partial charge in [0.2, 0.25) is 11.9 Å². The van der Waals surface area contributed by atoms with Gasteiger partial charge in [0.1, 0.15) is 11.0 Å². The molecule has 0 aliphatic heterocycles. The number of rotatable bonds is 4. The number of aromatic nitrogens is 4. The van der Waals surface area contributed by atoms with E-state index in [9.17, 15) is 0 Å². The van der Waals surface area contributed by atoms with Crippen molar-refractivity contribution in [3.05, 3.63) is 0 Å². The van der Waals surface area contributed by atoms with Crippen molar-refractivity contribution in [2.75, 3.05) is 42.3 Å². The highest BCUT2D eigenvalue weighted by molar-refractivity contribution is 5.92. The number of nitrogens with one attached hydrogen (secondary N) is 1. The van der Waals surface area contributed by atoms with Crippen molar-refractivity contribution < 1.29 is 0 Å². The molecule has 2 rings (SSSR count). The maximum atomic E-state index is 5.91. The zero-order chi connectivity index (χ0) is 14.0. The van der Waals surface area contributed by atoms with E-state index in [4.69, 9.17) is 11.5 Å². The molecule has 0 aliphatic carbocycles. The van der Waals surface area contributed by atoms with Gasteiger partial charge in [0.05, 0.1) is 0 Å². The van der Waals surface area contributed by atoms with Crippen molar-refractivity contribution in [1.82, 2.24) is 19.9 Å². The quantitative estimate of drug-likeness (QED) is 0.727. The Morgan fingerprint density at radius 1 is 1.00 bits per heavy atom. The van der Waals surface area contributed by atoms with E-state index in [1.54, 1.807) is 4.90 Å². The van der Waals surface area contributed by atoms with E-state index in [0.717, 1.165) is 13.0 Å². The van der Waals surface area contributed by atoms with E-state index in [-0.39, 0.29) is 0 Å². The van der Waals surface area contributed by atoms with Crippen LogP contribution in [0.4, 0.5) is 23.5 Å². The molecule has 0 saturated carbocycles. The van der Waals surface area contributed by atoms with Crippen molar-refractivity contribution in [3.63, 3.8) is 0 Å². The standard InChI is InChI=1S/C11H18N8/c1-4-5-14-10-15-6-7(8(12)17-10)16-11(19(2)3)18-9(6)13/h4-5H2,1-3H3,(H2,13,16,18)(H3,12,14,15,17). The van der Waals surface area contributed by atoms with E-state index in [2.05, 4.69) is 32.2 Å². The molecule has 8 nitrogen and oxygen atoms in total. The second kappa shape index (κ2) is 5.09. The van der Waals surface area contributed by atoms with Crippen molar-refractivity contribution >= 4 is 34.6 Å². The van der Waals surface area contributed by atoms with Crippen molar-refractivity contribution in [3.8, 4) is 0 Å². The number of nitrogen functional groups attached to an aromatic ring is 2. The van der Waals surface area contributed by atoms with Crippen LogP contribution >= 0.6 is 0 Å². The number of fused-ring (bicyclic) bond motifs is 1. The summed E-state index contributed by atoms with van der Waals surface area (Å²) < 4.78 is 0. The molecule has 0 aromatic carbocycles. The van der Waals surface area contributed by atoms with Crippen LogP contribution in [-0.2, 0) is 0 Å². The lowest BCUT2D eigenvalue weighted by molar-refractivity contribution is 0.955. The Labute approximate surface area is 111 Å². The first-order chi connectivity index (χ1) is 9.02. The van der Waals surface area contributed by atoms with Crippen LogP contribution < -0.4 is 21.7 Å². The molecular formula is C11H18N8. The monoisotopic (exact) mass is 262 g/mol. The highest BCUT2D eigenvalue weighted by Gasteiger charge is 2.13. The summed E-state index contributed by atoms with van der Waals surface area (Å²) in [6, 6.07) is 0. The molecule has 0 amide bonds. The SMILES string of the molecule is CCCNc1nc(N)c2nc(N(C)C)nc(N)c2n1. The first-order valence-corrected chi connectivity index (χ1v) is 6.04. The van der Waals surface area contributed by atoms with Gasteiger partial charge < -0.3 is 21.7 Å². The maximum Gasteiger partial charge on any atom is 0.227 e. The number of hydrogen-bond donors (Lipinski definition) is 3. The molecule has 0 fully saturated rings. The minimum atomic E-state index is 0.292. The van der Waals surface area contributed by atoms with Gasteiger partial charge in [-0.1, -0.05) is 6.92 Å². The van der Waals surface area contributed by atoms with Gasteiger partial charge in [0, 0.05) is 20.6 Å². The Balaban J connectivity index is 2.56. The lowest BCUT2D eigenvalue weighted by Crippen LogP contribution is -2.15. The summed E-state index contributed by atoms with van der Waals surface area (Å²) in [5.41, 5.74) is 12.8. The average Bonchev–Trinajstić information content (AvgIpc) is 2.37. The molecule has 2 heterocycles. The highest BCUT2D eigenvalue weighted by Crippen LogP contribution is 2.23. The van der Waals surface area contributed by atoms with E-state index in [0.29, 0.717) is 34.6 Å². The number of nitrogens with zero attached hydrogens (tertiary/aromatic N) is 5. The molecule has 19 heavy (non-hydrogen) atoms. The molecule has 0 unspecified atom stereocenters. The third kappa shape index (κ3) is 2.56. The molecule has 2 aromatic heterocycles. The summed E-state index contributed by atoms with van der Waals surface area (Å²) in [5, 5.41) is 3.07. The third-order valence-corrected chi connectivity index (χ3v) is 2.52. The van der Waals surface area contributed by atoms with Crippen molar-refractivity contribution in [2.24, 2.45) is 0 Å². The van der Waals surface area contributed by atoms with Crippen LogP contribution in [0.25, 0.3) is 11.0 Å². The number of anilines is 4. The molecule has 0 saturated heterocycles. The largest absolute Gasteiger partial charge is 0.382 e. The first kappa shape index (κ1) is 13.1. The predicted octanol–water partition coefficient (Wildman–Crippen LogP) is 0.472. The molecule has 0 atom stereocenters. The number of nitrogens with two attached hydrogens (primary N) is 2. The van der Waals surface area contributed by atoms with Gasteiger partial charge in [-0.2, -0.15) is 9.97 Å². The Morgan fingerprint density at radius 2 is 1.63 bits per heavy atom. The fourth-order valence-electron chi connectivity index (χ4n) is 1.56. The molecular weight excluding hydrogens is 244 g/mol. The van der Waals surface area contributed by atoms with Crippen LogP contribution in [0.2, 0.25) is 0 Å². The van der Waals surface area contributed by atoms with Gasteiger partial charge in [-0.3, -0.25) is 0 Å². The smallest absolute Gasteiger partial charge is 0.227 e. The molecule has 8 heteroatoms. The minimum Gasteiger partial charge on any atom is -0.382 e. The molecule has 102 valence electrons. The normalized spacial score (nSPS) is 10.7. The van der Waals surface area contributed by atoms with Gasteiger partial charge in [0.15, 0.2) is 11.6 Å². The third-order valence-electron chi connectivity index (χ3n) is 2.52. The van der Waals surface area contributed by atoms with Crippen LogP contribution in [0.5, 0.6) is 0 Å². The summed E-state index contributed by atoms with van der Waals surface area (Å²) in [6.45, 7) is 2.82. The summed E-state index contributed by atoms with van der Waals surface area (Å²) in [4.78, 5) is 18.7. The van der Waals surface area contributed by atoms with Crippen molar-refractivity contribution in [2.45, 2.75) is 13.3 Å². The van der Waals surface area contributed by atoms with Crippen LogP contribution in [0.15, 0.2) is 0 Å². The Hall–Kier alpha value is -2.38. The molecule has 5 N–H and O–H groups in total. The van der Waals surface area contributed by atoms with Gasteiger partial charge in [-0.15, -0.1) is 0 Å². The molecule has 0 aliphatic rings. The topological polar surface area (TPSA) is 119 Å². The second-order valence-electron chi connectivity index (χ2n) is 4.36. The summed E-state index contributed by atoms with van der Waals surface area (Å²) in [5.74, 6) is 1.51. The first-order valence-electron chi connectivity index (χ1n) is 6.04. The van der Waals surface area contributed by atoms with E-state index in [1.165, 1.54) is 0 Å². The lowest BCUT2D eigenvalue weighted by atomic mass is 10.4. The van der Waals surface area contributed by atoms with Crippen LogP contribution in [0.1, 0.15) is 13.3 Å². The summed E-state index contributed by atoms with van der Waals surface area (Å²) in [7, 11) is 3.66. The second-order valence-corrected chi connectivity index (χ2v) is 4.36. The lowest BCUT2D eigenvalue weighted by Gasteiger charge is -2.13. The van der Waals surface area contributed by atoms with Gasteiger partial charge in [0.25, 0.3) is 0 Å². The molecule has 0 bridgehead atoms.